The molecule has 4 rings (SSSR count). The van der Waals surface area contributed by atoms with Crippen LogP contribution in [-0.4, -0.2) is 66.6 Å². The maximum atomic E-state index is 12.7. The lowest BCUT2D eigenvalue weighted by atomic mass is 9.86. The molecule has 0 N–H and O–H groups in total. The number of hydrogen-bond acceptors (Lipinski definition) is 4. The van der Waals surface area contributed by atoms with Gasteiger partial charge < -0.3 is 14.5 Å². The normalized spacial score (nSPS) is 23.1. The van der Waals surface area contributed by atoms with Gasteiger partial charge in [0, 0.05) is 44.0 Å². The Morgan fingerprint density at radius 2 is 2.04 bits per heavy atom. The molecule has 1 atom stereocenters. The van der Waals surface area contributed by atoms with Crippen molar-refractivity contribution in [1.82, 2.24) is 14.8 Å². The molecule has 5 heteroatoms. The third-order valence-corrected chi connectivity index (χ3v) is 5.51. The molecule has 5 nitrogen and oxygen atoms in total. The van der Waals surface area contributed by atoms with Crippen LogP contribution in [0.15, 0.2) is 36.7 Å². The van der Waals surface area contributed by atoms with Crippen molar-refractivity contribution in [3.63, 3.8) is 0 Å². The number of carbonyl (C=O) groups excluding carboxylic acids is 1. The second-order valence-corrected chi connectivity index (χ2v) is 7.17. The first kappa shape index (κ1) is 16.5. The lowest BCUT2D eigenvalue weighted by Crippen LogP contribution is -2.51. The number of pyridine rings is 1. The fourth-order valence-corrected chi connectivity index (χ4v) is 4.05. The van der Waals surface area contributed by atoms with Crippen LogP contribution >= 0.6 is 0 Å². The molecule has 1 aromatic heterocycles. The lowest BCUT2D eigenvalue weighted by molar-refractivity contribution is -0.149. The SMILES string of the molecule is CN1CCOC(C(=O)N2CCC(c3cccc4cnccc34)CC2)C1. The number of amides is 1. The highest BCUT2D eigenvalue weighted by atomic mass is 16.5. The quantitative estimate of drug-likeness (QED) is 0.842. The van der Waals surface area contributed by atoms with Gasteiger partial charge in [0.05, 0.1) is 6.61 Å². The Balaban J connectivity index is 1.43. The van der Waals surface area contributed by atoms with E-state index < -0.39 is 0 Å². The van der Waals surface area contributed by atoms with Gasteiger partial charge in [0.2, 0.25) is 0 Å². The van der Waals surface area contributed by atoms with Crippen LogP contribution in [0.4, 0.5) is 0 Å². The number of likely N-dealkylation sites (tertiary alicyclic amines) is 1. The van der Waals surface area contributed by atoms with Gasteiger partial charge in [-0.3, -0.25) is 9.78 Å². The first-order valence-electron chi connectivity index (χ1n) is 9.14. The molecule has 2 aliphatic rings. The molecule has 0 spiro atoms. The van der Waals surface area contributed by atoms with E-state index in [0.29, 0.717) is 19.1 Å². The highest BCUT2D eigenvalue weighted by Crippen LogP contribution is 2.33. The minimum absolute atomic E-state index is 0.159. The number of ether oxygens (including phenoxy) is 1. The molecule has 132 valence electrons. The summed E-state index contributed by atoms with van der Waals surface area (Å²) in [5.74, 6) is 0.664. The molecular formula is C20H25N3O2. The summed E-state index contributed by atoms with van der Waals surface area (Å²) in [6.07, 6.45) is 5.51. The van der Waals surface area contributed by atoms with Crippen LogP contribution in [-0.2, 0) is 9.53 Å². The number of rotatable bonds is 2. The van der Waals surface area contributed by atoms with Gasteiger partial charge in [-0.2, -0.15) is 0 Å². The average molecular weight is 339 g/mol. The lowest BCUT2D eigenvalue weighted by Gasteiger charge is -2.37. The van der Waals surface area contributed by atoms with Crippen molar-refractivity contribution in [2.45, 2.75) is 24.9 Å². The summed E-state index contributed by atoms with van der Waals surface area (Å²) in [5, 5.41) is 2.48. The molecule has 0 bridgehead atoms. The summed E-state index contributed by atoms with van der Waals surface area (Å²) < 4.78 is 5.69. The zero-order chi connectivity index (χ0) is 17.2. The van der Waals surface area contributed by atoms with Crippen molar-refractivity contribution in [2.24, 2.45) is 0 Å². The number of nitrogens with zero attached hydrogens (tertiary/aromatic N) is 3. The maximum absolute atomic E-state index is 12.7. The van der Waals surface area contributed by atoms with Crippen LogP contribution in [0.1, 0.15) is 24.3 Å². The Morgan fingerprint density at radius 1 is 1.20 bits per heavy atom. The standard InChI is InChI=1S/C20H25N3O2/c1-22-11-12-25-19(14-22)20(24)23-9-6-15(7-10-23)17-4-2-3-16-13-21-8-5-18(16)17/h2-5,8,13,15,19H,6-7,9-12,14H2,1H3. The van der Waals surface area contributed by atoms with Crippen molar-refractivity contribution >= 4 is 16.7 Å². The topological polar surface area (TPSA) is 45.7 Å². The number of morpholine rings is 1. The Kier molecular flexibility index (Phi) is 4.68. The summed E-state index contributed by atoms with van der Waals surface area (Å²) >= 11 is 0. The first-order valence-corrected chi connectivity index (χ1v) is 9.14. The Hall–Kier alpha value is -1.98. The summed E-state index contributed by atoms with van der Waals surface area (Å²) in [6, 6.07) is 8.56. The summed E-state index contributed by atoms with van der Waals surface area (Å²) in [7, 11) is 2.05. The van der Waals surface area contributed by atoms with E-state index in [1.165, 1.54) is 16.3 Å². The van der Waals surface area contributed by atoms with Crippen molar-refractivity contribution in [3.8, 4) is 0 Å². The fraction of sp³-hybridized carbons (Fsp3) is 0.500. The highest BCUT2D eigenvalue weighted by molar-refractivity contribution is 5.85. The summed E-state index contributed by atoms with van der Waals surface area (Å²) in [6.45, 7) is 3.88. The van der Waals surface area contributed by atoms with Crippen LogP contribution in [0.5, 0.6) is 0 Å². The van der Waals surface area contributed by atoms with Crippen LogP contribution in [0.25, 0.3) is 10.8 Å². The van der Waals surface area contributed by atoms with Gasteiger partial charge in [-0.1, -0.05) is 18.2 Å². The van der Waals surface area contributed by atoms with Crippen LogP contribution in [0.3, 0.4) is 0 Å². The zero-order valence-corrected chi connectivity index (χ0v) is 14.7. The number of benzene rings is 1. The number of carbonyl (C=O) groups is 1. The van der Waals surface area contributed by atoms with E-state index in [-0.39, 0.29) is 12.0 Å². The summed E-state index contributed by atoms with van der Waals surface area (Å²) in [5.41, 5.74) is 1.39. The van der Waals surface area contributed by atoms with Gasteiger partial charge in [-0.05, 0) is 42.8 Å². The van der Waals surface area contributed by atoms with Gasteiger partial charge >= 0.3 is 0 Å². The van der Waals surface area contributed by atoms with E-state index in [9.17, 15) is 4.79 Å². The van der Waals surface area contributed by atoms with Crippen LogP contribution in [0.2, 0.25) is 0 Å². The van der Waals surface area contributed by atoms with Crippen molar-refractivity contribution in [2.75, 3.05) is 39.8 Å². The molecule has 25 heavy (non-hydrogen) atoms. The number of likely N-dealkylation sites (N-methyl/N-ethyl adjacent to an activating group) is 1. The Labute approximate surface area is 148 Å². The second-order valence-electron chi connectivity index (χ2n) is 7.17. The van der Waals surface area contributed by atoms with Gasteiger partial charge in [-0.15, -0.1) is 0 Å². The van der Waals surface area contributed by atoms with Gasteiger partial charge in [0.25, 0.3) is 5.91 Å². The zero-order valence-electron chi connectivity index (χ0n) is 14.7. The number of aromatic nitrogens is 1. The van der Waals surface area contributed by atoms with Gasteiger partial charge in [0.15, 0.2) is 0 Å². The highest BCUT2D eigenvalue weighted by Gasteiger charge is 2.31. The first-order chi connectivity index (χ1) is 12.2. The van der Waals surface area contributed by atoms with E-state index in [1.54, 1.807) is 0 Å². The molecule has 1 aromatic carbocycles. The molecule has 1 amide bonds. The molecule has 2 fully saturated rings. The largest absolute Gasteiger partial charge is 0.366 e. The van der Waals surface area contributed by atoms with E-state index in [2.05, 4.69) is 34.1 Å². The fourth-order valence-electron chi connectivity index (χ4n) is 4.05. The predicted octanol–water partition coefficient (Wildman–Crippen LogP) is 2.27. The van der Waals surface area contributed by atoms with E-state index in [4.69, 9.17) is 4.74 Å². The van der Waals surface area contributed by atoms with E-state index >= 15 is 0 Å². The van der Waals surface area contributed by atoms with E-state index in [1.807, 2.05) is 24.3 Å². The molecule has 2 aliphatic heterocycles. The number of piperidine rings is 1. The smallest absolute Gasteiger partial charge is 0.253 e. The van der Waals surface area contributed by atoms with Crippen molar-refractivity contribution < 1.29 is 9.53 Å². The van der Waals surface area contributed by atoms with E-state index in [0.717, 1.165) is 32.5 Å². The average Bonchev–Trinajstić information content (AvgIpc) is 2.67. The van der Waals surface area contributed by atoms with Crippen molar-refractivity contribution in [3.05, 3.63) is 42.2 Å². The molecule has 0 saturated carbocycles. The summed E-state index contributed by atoms with van der Waals surface area (Å²) in [4.78, 5) is 21.1. The number of hydrogen-bond donors (Lipinski definition) is 0. The molecule has 3 heterocycles. The van der Waals surface area contributed by atoms with Gasteiger partial charge in [0.1, 0.15) is 6.10 Å². The minimum Gasteiger partial charge on any atom is -0.366 e. The predicted molar refractivity (Wildman–Crippen MR) is 97.5 cm³/mol. The van der Waals surface area contributed by atoms with Crippen molar-refractivity contribution in [1.29, 1.82) is 0 Å². The second kappa shape index (κ2) is 7.10. The Bertz CT molecular complexity index is 750. The molecule has 0 aliphatic carbocycles. The van der Waals surface area contributed by atoms with Crippen LogP contribution in [0, 0.1) is 0 Å². The maximum Gasteiger partial charge on any atom is 0.253 e. The van der Waals surface area contributed by atoms with Crippen LogP contribution < -0.4 is 0 Å². The third-order valence-electron chi connectivity index (χ3n) is 5.51. The Morgan fingerprint density at radius 3 is 2.84 bits per heavy atom. The molecule has 2 aromatic rings. The molecule has 1 unspecified atom stereocenters. The van der Waals surface area contributed by atoms with Gasteiger partial charge in [-0.25, -0.2) is 0 Å². The molecule has 2 saturated heterocycles. The monoisotopic (exact) mass is 339 g/mol. The number of fused-ring (bicyclic) bond motifs is 1. The minimum atomic E-state index is -0.293. The third kappa shape index (κ3) is 3.39. The molecule has 0 radical (unpaired) electrons. The molecular weight excluding hydrogens is 314 g/mol.